The van der Waals surface area contributed by atoms with Crippen molar-refractivity contribution in [2.24, 2.45) is 0 Å². The van der Waals surface area contributed by atoms with Gasteiger partial charge in [0.05, 0.1) is 4.90 Å². The third kappa shape index (κ3) is 4.28. The second-order valence-corrected chi connectivity index (χ2v) is 8.34. The van der Waals surface area contributed by atoms with Gasteiger partial charge in [-0.3, -0.25) is 4.90 Å². The van der Waals surface area contributed by atoms with E-state index in [2.05, 4.69) is 9.62 Å². The van der Waals surface area contributed by atoms with Crippen LogP contribution in [-0.4, -0.2) is 33.0 Å². The average Bonchev–Trinajstić information content (AvgIpc) is 3.13. The minimum atomic E-state index is -3.76. The lowest BCUT2D eigenvalue weighted by Gasteiger charge is -2.28. The summed E-state index contributed by atoms with van der Waals surface area (Å²) in [6.07, 6.45) is 2.11. The third-order valence-electron chi connectivity index (χ3n) is 4.74. The van der Waals surface area contributed by atoms with E-state index in [0.717, 1.165) is 37.6 Å². The second kappa shape index (κ2) is 7.82. The van der Waals surface area contributed by atoms with Gasteiger partial charge in [-0.05, 0) is 74.3 Å². The molecule has 0 radical (unpaired) electrons. The lowest BCUT2D eigenvalue weighted by atomic mass is 10.1. The van der Waals surface area contributed by atoms with E-state index in [-0.39, 0.29) is 28.9 Å². The zero-order valence-electron chi connectivity index (χ0n) is 14.6. The van der Waals surface area contributed by atoms with Gasteiger partial charge in [0.2, 0.25) is 10.0 Å². The SMILES string of the molecule is Cc1cc(S(=O)(=O)NCC(c2ccc(F)cc2)N2CCCC2)ccc1F. The molecule has 0 aliphatic carbocycles. The summed E-state index contributed by atoms with van der Waals surface area (Å²) >= 11 is 0. The summed E-state index contributed by atoms with van der Waals surface area (Å²) in [6.45, 7) is 3.45. The van der Waals surface area contributed by atoms with Crippen LogP contribution in [-0.2, 0) is 10.0 Å². The average molecular weight is 380 g/mol. The summed E-state index contributed by atoms with van der Waals surface area (Å²) in [6, 6.07) is 9.71. The number of sulfonamides is 1. The summed E-state index contributed by atoms with van der Waals surface area (Å²) < 4.78 is 54.4. The fourth-order valence-corrected chi connectivity index (χ4v) is 4.38. The molecule has 1 atom stereocenters. The van der Waals surface area contributed by atoms with Crippen molar-refractivity contribution in [1.29, 1.82) is 0 Å². The Bertz CT molecular complexity index is 864. The van der Waals surface area contributed by atoms with Crippen LogP contribution < -0.4 is 4.72 Å². The molecule has 1 heterocycles. The first-order chi connectivity index (χ1) is 12.4. The molecule has 2 aromatic rings. The molecule has 0 saturated carbocycles. The Labute approximate surface area is 152 Å². The second-order valence-electron chi connectivity index (χ2n) is 6.57. The summed E-state index contributed by atoms with van der Waals surface area (Å²) in [5, 5.41) is 0. The molecular weight excluding hydrogens is 358 g/mol. The molecule has 1 aliphatic rings. The number of halogens is 2. The highest BCUT2D eigenvalue weighted by molar-refractivity contribution is 7.89. The molecule has 1 N–H and O–H groups in total. The fraction of sp³-hybridized carbons (Fsp3) is 0.368. The number of benzene rings is 2. The maximum Gasteiger partial charge on any atom is 0.240 e. The van der Waals surface area contributed by atoms with Crippen LogP contribution in [0.2, 0.25) is 0 Å². The maximum atomic E-state index is 13.4. The lowest BCUT2D eigenvalue weighted by Crippen LogP contribution is -2.36. The van der Waals surface area contributed by atoms with Crippen LogP contribution in [0.5, 0.6) is 0 Å². The van der Waals surface area contributed by atoms with E-state index in [1.807, 2.05) is 0 Å². The van der Waals surface area contributed by atoms with E-state index in [9.17, 15) is 17.2 Å². The molecule has 0 aromatic heterocycles. The molecule has 0 spiro atoms. The van der Waals surface area contributed by atoms with Crippen LogP contribution in [0.3, 0.4) is 0 Å². The Balaban J connectivity index is 1.80. The zero-order chi connectivity index (χ0) is 18.7. The molecule has 1 unspecified atom stereocenters. The van der Waals surface area contributed by atoms with Gasteiger partial charge in [0.1, 0.15) is 11.6 Å². The van der Waals surface area contributed by atoms with Gasteiger partial charge < -0.3 is 0 Å². The van der Waals surface area contributed by atoms with Gasteiger partial charge >= 0.3 is 0 Å². The molecule has 2 aromatic carbocycles. The summed E-state index contributed by atoms with van der Waals surface area (Å²) in [7, 11) is -3.76. The Morgan fingerprint density at radius 1 is 1.08 bits per heavy atom. The quantitative estimate of drug-likeness (QED) is 0.836. The standard InChI is InChI=1S/C19H22F2N2O2S/c1-14-12-17(8-9-18(14)21)26(24,25)22-13-19(23-10-2-3-11-23)15-4-6-16(20)7-5-15/h4-9,12,19,22H,2-3,10-11,13H2,1H3. The van der Waals surface area contributed by atoms with Crippen molar-refractivity contribution >= 4 is 10.0 Å². The summed E-state index contributed by atoms with van der Waals surface area (Å²) in [4.78, 5) is 2.24. The van der Waals surface area contributed by atoms with Crippen molar-refractivity contribution < 1.29 is 17.2 Å². The first-order valence-electron chi connectivity index (χ1n) is 8.62. The van der Waals surface area contributed by atoms with Crippen LogP contribution in [0, 0.1) is 18.6 Å². The van der Waals surface area contributed by atoms with Gasteiger partial charge in [0.15, 0.2) is 0 Å². The zero-order valence-corrected chi connectivity index (χ0v) is 15.4. The summed E-state index contributed by atoms with van der Waals surface area (Å²) in [5.74, 6) is -0.763. The van der Waals surface area contributed by atoms with E-state index >= 15 is 0 Å². The molecule has 1 fully saturated rings. The minimum absolute atomic E-state index is 0.0377. The van der Waals surface area contributed by atoms with Crippen LogP contribution in [0.15, 0.2) is 47.4 Å². The highest BCUT2D eigenvalue weighted by Gasteiger charge is 2.26. The topological polar surface area (TPSA) is 49.4 Å². The number of rotatable bonds is 6. The Kier molecular flexibility index (Phi) is 5.70. The van der Waals surface area contributed by atoms with Crippen molar-refractivity contribution in [2.45, 2.75) is 30.7 Å². The van der Waals surface area contributed by atoms with Crippen molar-refractivity contribution in [2.75, 3.05) is 19.6 Å². The van der Waals surface area contributed by atoms with Gasteiger partial charge in [0, 0.05) is 12.6 Å². The molecule has 3 rings (SSSR count). The fourth-order valence-electron chi connectivity index (χ4n) is 3.25. The molecule has 0 bridgehead atoms. The van der Waals surface area contributed by atoms with E-state index in [1.165, 1.54) is 31.2 Å². The van der Waals surface area contributed by atoms with Gasteiger partial charge in [-0.15, -0.1) is 0 Å². The summed E-state index contributed by atoms with van der Waals surface area (Å²) in [5.41, 5.74) is 1.15. The Hall–Kier alpha value is -1.83. The number of aryl methyl sites for hydroxylation is 1. The predicted molar refractivity (Wildman–Crippen MR) is 96.3 cm³/mol. The highest BCUT2D eigenvalue weighted by atomic mass is 32.2. The van der Waals surface area contributed by atoms with E-state index in [4.69, 9.17) is 0 Å². The van der Waals surface area contributed by atoms with Crippen molar-refractivity contribution in [3.63, 3.8) is 0 Å². The van der Waals surface area contributed by atoms with E-state index in [1.54, 1.807) is 12.1 Å². The molecule has 26 heavy (non-hydrogen) atoms. The molecule has 1 aliphatic heterocycles. The van der Waals surface area contributed by atoms with Crippen molar-refractivity contribution in [1.82, 2.24) is 9.62 Å². The smallest absolute Gasteiger partial charge is 0.240 e. The third-order valence-corrected chi connectivity index (χ3v) is 6.16. The lowest BCUT2D eigenvalue weighted by molar-refractivity contribution is 0.246. The van der Waals surface area contributed by atoms with E-state index in [0.29, 0.717) is 0 Å². The first-order valence-corrected chi connectivity index (χ1v) is 10.1. The predicted octanol–water partition coefficient (Wildman–Crippen LogP) is 3.39. The molecule has 4 nitrogen and oxygen atoms in total. The van der Waals surface area contributed by atoms with Crippen molar-refractivity contribution in [3.8, 4) is 0 Å². The number of nitrogens with one attached hydrogen (secondary N) is 1. The van der Waals surface area contributed by atoms with Gasteiger partial charge in [-0.1, -0.05) is 12.1 Å². The normalized spacial score (nSPS) is 16.7. The maximum absolute atomic E-state index is 13.4. The number of hydrogen-bond acceptors (Lipinski definition) is 3. The van der Waals surface area contributed by atoms with Crippen LogP contribution >= 0.6 is 0 Å². The first kappa shape index (κ1) is 18.9. The number of likely N-dealkylation sites (tertiary alicyclic amines) is 1. The van der Waals surface area contributed by atoms with Crippen LogP contribution in [0.25, 0.3) is 0 Å². The molecule has 7 heteroatoms. The van der Waals surface area contributed by atoms with Gasteiger partial charge in [-0.25, -0.2) is 21.9 Å². The molecule has 140 valence electrons. The Morgan fingerprint density at radius 2 is 1.73 bits per heavy atom. The highest BCUT2D eigenvalue weighted by Crippen LogP contribution is 2.25. The number of nitrogens with zero attached hydrogens (tertiary/aromatic N) is 1. The van der Waals surface area contributed by atoms with Gasteiger partial charge in [-0.2, -0.15) is 0 Å². The molecule has 0 amide bonds. The van der Waals surface area contributed by atoms with Crippen LogP contribution in [0.4, 0.5) is 8.78 Å². The Morgan fingerprint density at radius 3 is 2.35 bits per heavy atom. The molecule has 1 saturated heterocycles. The minimum Gasteiger partial charge on any atom is -0.295 e. The van der Waals surface area contributed by atoms with Crippen molar-refractivity contribution in [3.05, 3.63) is 65.2 Å². The monoisotopic (exact) mass is 380 g/mol. The van der Waals surface area contributed by atoms with E-state index < -0.39 is 15.8 Å². The molecular formula is C19H22F2N2O2S. The largest absolute Gasteiger partial charge is 0.295 e. The van der Waals surface area contributed by atoms with Crippen LogP contribution in [0.1, 0.15) is 30.0 Å². The number of hydrogen-bond donors (Lipinski definition) is 1. The van der Waals surface area contributed by atoms with Gasteiger partial charge in [0.25, 0.3) is 0 Å².